The van der Waals surface area contributed by atoms with Gasteiger partial charge in [-0.1, -0.05) is 35.7 Å². The van der Waals surface area contributed by atoms with E-state index in [1.54, 1.807) is 6.07 Å². The van der Waals surface area contributed by atoms with Gasteiger partial charge in [0.2, 0.25) is 5.91 Å². The minimum absolute atomic E-state index is 0.0769. The van der Waals surface area contributed by atoms with E-state index in [1.165, 1.54) is 18.2 Å². The summed E-state index contributed by atoms with van der Waals surface area (Å²) in [6.45, 7) is 6.63. The first kappa shape index (κ1) is 26.1. The summed E-state index contributed by atoms with van der Waals surface area (Å²) in [5, 5.41) is 0.398. The third-order valence-corrected chi connectivity index (χ3v) is 8.83. The third-order valence-electron chi connectivity index (χ3n) is 6.86. The average molecular weight is 540 g/mol. The number of benzene rings is 2. The maximum absolute atomic E-state index is 13.2. The summed E-state index contributed by atoms with van der Waals surface area (Å²) >= 11 is 12.0. The van der Waals surface area contributed by atoms with Crippen LogP contribution >= 0.6 is 23.2 Å². The lowest BCUT2D eigenvalue weighted by Gasteiger charge is -2.32. The second kappa shape index (κ2) is 11.0. The summed E-state index contributed by atoms with van der Waals surface area (Å²) in [7, 11) is -4.17. The van der Waals surface area contributed by atoms with Crippen LogP contribution < -0.4 is 9.08 Å². The minimum atomic E-state index is -4.17. The lowest BCUT2D eigenvalue weighted by Crippen LogP contribution is -2.39. The van der Waals surface area contributed by atoms with Gasteiger partial charge in [-0.05, 0) is 69.7 Å². The predicted molar refractivity (Wildman–Crippen MR) is 140 cm³/mol. The number of nitrogens with zero attached hydrogens (tertiary/aromatic N) is 2. The van der Waals surface area contributed by atoms with Crippen LogP contribution in [0.1, 0.15) is 51.5 Å². The van der Waals surface area contributed by atoms with Crippen molar-refractivity contribution >= 4 is 44.9 Å². The van der Waals surface area contributed by atoms with Gasteiger partial charge in [0.25, 0.3) is 0 Å². The summed E-state index contributed by atoms with van der Waals surface area (Å²) in [4.78, 5) is 17.1. The van der Waals surface area contributed by atoms with Crippen LogP contribution in [0.15, 0.2) is 41.3 Å². The normalized spacial score (nSPS) is 16.0. The van der Waals surface area contributed by atoms with E-state index in [4.69, 9.17) is 27.4 Å². The third kappa shape index (κ3) is 6.25. The van der Waals surface area contributed by atoms with Crippen LogP contribution in [0.25, 0.3) is 0 Å². The Labute approximate surface area is 218 Å². The smallest absolute Gasteiger partial charge is 0.339 e. The SMILES string of the molecule is CCN(CC)c1ccc(CN(CC2CC2)C(=O)C2CCC2)c(OS(=O)(=O)c2ccc(Cl)c(Cl)c2)c1. The van der Waals surface area contributed by atoms with E-state index >= 15 is 0 Å². The highest BCUT2D eigenvalue weighted by atomic mass is 35.5. The Morgan fingerprint density at radius 3 is 2.29 bits per heavy atom. The molecule has 0 bridgehead atoms. The topological polar surface area (TPSA) is 66.9 Å². The van der Waals surface area contributed by atoms with E-state index in [1.807, 2.05) is 30.9 Å². The number of amides is 1. The standard InChI is InChI=1S/C26H32Cl2N2O4S/c1-3-29(4-2)21-11-10-20(17-30(16-18-8-9-18)26(31)19-6-5-7-19)25(14-21)34-35(32,33)22-12-13-23(27)24(28)15-22/h10-15,18-19H,3-9,16-17H2,1-2H3. The number of carbonyl (C=O) groups excluding carboxylic acids is 1. The van der Waals surface area contributed by atoms with Crippen molar-refractivity contribution < 1.29 is 17.4 Å². The van der Waals surface area contributed by atoms with Gasteiger partial charge < -0.3 is 14.0 Å². The molecule has 0 spiro atoms. The molecule has 0 radical (unpaired) electrons. The van der Waals surface area contributed by atoms with Gasteiger partial charge in [-0.25, -0.2) is 0 Å². The zero-order valence-corrected chi connectivity index (χ0v) is 22.5. The van der Waals surface area contributed by atoms with E-state index in [2.05, 4.69) is 4.90 Å². The van der Waals surface area contributed by atoms with Crippen molar-refractivity contribution in [2.24, 2.45) is 11.8 Å². The fourth-order valence-corrected chi connectivity index (χ4v) is 5.65. The molecule has 2 aromatic carbocycles. The van der Waals surface area contributed by atoms with Gasteiger partial charge in [0.05, 0.1) is 10.0 Å². The molecule has 1 amide bonds. The molecule has 0 atom stereocenters. The minimum Gasteiger partial charge on any atom is -0.379 e. The molecule has 190 valence electrons. The lowest BCUT2D eigenvalue weighted by molar-refractivity contribution is -0.139. The second-order valence-electron chi connectivity index (χ2n) is 9.37. The first-order chi connectivity index (χ1) is 16.7. The van der Waals surface area contributed by atoms with Crippen LogP contribution in [0, 0.1) is 11.8 Å². The molecule has 0 aliphatic heterocycles. The fraction of sp³-hybridized carbons (Fsp3) is 0.500. The van der Waals surface area contributed by atoms with Gasteiger partial charge in [-0.2, -0.15) is 8.42 Å². The fourth-order valence-electron chi connectivity index (χ4n) is 4.30. The van der Waals surface area contributed by atoms with Crippen molar-refractivity contribution in [3.8, 4) is 5.75 Å². The number of anilines is 1. The molecule has 2 saturated carbocycles. The molecule has 4 rings (SSSR count). The van der Waals surface area contributed by atoms with Gasteiger partial charge in [0, 0.05) is 49.4 Å². The van der Waals surface area contributed by atoms with Crippen LogP contribution in [-0.4, -0.2) is 38.9 Å². The lowest BCUT2D eigenvalue weighted by atomic mass is 9.84. The molecule has 2 aromatic rings. The summed E-state index contributed by atoms with van der Waals surface area (Å²) in [6, 6.07) is 9.68. The van der Waals surface area contributed by atoms with E-state index in [-0.39, 0.29) is 32.5 Å². The quantitative estimate of drug-likeness (QED) is 0.321. The van der Waals surface area contributed by atoms with Crippen LogP contribution in [0.4, 0.5) is 5.69 Å². The molecule has 2 fully saturated rings. The van der Waals surface area contributed by atoms with E-state index in [9.17, 15) is 13.2 Å². The van der Waals surface area contributed by atoms with Gasteiger partial charge in [0.15, 0.2) is 0 Å². The maximum Gasteiger partial charge on any atom is 0.339 e. The second-order valence-corrected chi connectivity index (χ2v) is 11.7. The van der Waals surface area contributed by atoms with Gasteiger partial charge >= 0.3 is 10.1 Å². The molecular formula is C26H32Cl2N2O4S. The van der Waals surface area contributed by atoms with E-state index < -0.39 is 10.1 Å². The molecule has 35 heavy (non-hydrogen) atoms. The van der Waals surface area contributed by atoms with Gasteiger partial charge in [-0.15, -0.1) is 0 Å². The van der Waals surface area contributed by atoms with Crippen LogP contribution in [0.5, 0.6) is 5.75 Å². The number of carbonyl (C=O) groups is 1. The Morgan fingerprint density at radius 1 is 1.00 bits per heavy atom. The Balaban J connectivity index is 1.67. The van der Waals surface area contributed by atoms with Crippen molar-refractivity contribution in [3.05, 3.63) is 52.0 Å². The first-order valence-electron chi connectivity index (χ1n) is 12.3. The van der Waals surface area contributed by atoms with Gasteiger partial charge in [0.1, 0.15) is 10.6 Å². The van der Waals surface area contributed by atoms with Crippen molar-refractivity contribution in [2.75, 3.05) is 24.5 Å². The average Bonchev–Trinajstić information content (AvgIpc) is 3.60. The van der Waals surface area contributed by atoms with Crippen LogP contribution in [0.3, 0.4) is 0 Å². The van der Waals surface area contributed by atoms with Crippen molar-refractivity contribution in [3.63, 3.8) is 0 Å². The highest BCUT2D eigenvalue weighted by Gasteiger charge is 2.34. The highest BCUT2D eigenvalue weighted by molar-refractivity contribution is 7.87. The molecule has 0 N–H and O–H groups in total. The Morgan fingerprint density at radius 2 is 1.71 bits per heavy atom. The highest BCUT2D eigenvalue weighted by Crippen LogP contribution is 2.36. The monoisotopic (exact) mass is 538 g/mol. The molecule has 0 aromatic heterocycles. The molecule has 2 aliphatic carbocycles. The van der Waals surface area contributed by atoms with Crippen LogP contribution in [0.2, 0.25) is 10.0 Å². The Hall–Kier alpha value is -1.96. The molecule has 9 heteroatoms. The number of hydrogen-bond acceptors (Lipinski definition) is 5. The van der Waals surface area contributed by atoms with Crippen LogP contribution in [-0.2, 0) is 21.5 Å². The van der Waals surface area contributed by atoms with Gasteiger partial charge in [-0.3, -0.25) is 4.79 Å². The van der Waals surface area contributed by atoms with E-state index in [0.29, 0.717) is 24.6 Å². The number of halogens is 2. The van der Waals surface area contributed by atoms with Crippen molar-refractivity contribution in [2.45, 2.75) is 57.4 Å². The summed E-state index contributed by atoms with van der Waals surface area (Å²) < 4.78 is 32.1. The zero-order chi connectivity index (χ0) is 25.2. The van der Waals surface area contributed by atoms with Crippen molar-refractivity contribution in [1.29, 1.82) is 0 Å². The maximum atomic E-state index is 13.2. The summed E-state index contributed by atoms with van der Waals surface area (Å²) in [6.07, 6.45) is 5.20. The molecule has 6 nitrogen and oxygen atoms in total. The first-order valence-corrected chi connectivity index (χ1v) is 14.4. The summed E-state index contributed by atoms with van der Waals surface area (Å²) in [5.41, 5.74) is 1.52. The Kier molecular flexibility index (Phi) is 8.19. The number of rotatable bonds is 11. The molecule has 0 saturated heterocycles. The summed E-state index contributed by atoms with van der Waals surface area (Å²) in [5.74, 6) is 0.989. The zero-order valence-electron chi connectivity index (χ0n) is 20.2. The number of hydrogen-bond donors (Lipinski definition) is 0. The van der Waals surface area contributed by atoms with Crippen molar-refractivity contribution in [1.82, 2.24) is 4.90 Å². The largest absolute Gasteiger partial charge is 0.379 e. The Bertz CT molecular complexity index is 1180. The van der Waals surface area contributed by atoms with E-state index in [0.717, 1.165) is 50.9 Å². The predicted octanol–water partition coefficient (Wildman–Crippen LogP) is 6.15. The molecule has 2 aliphatic rings. The molecule has 0 unspecified atom stereocenters. The molecular weight excluding hydrogens is 507 g/mol. The molecule has 0 heterocycles.